The highest BCUT2D eigenvalue weighted by atomic mass is 35.5. The van der Waals surface area contributed by atoms with Crippen LogP contribution in [0.4, 0.5) is 13.2 Å². The zero-order valence-corrected chi connectivity index (χ0v) is 10.9. The Morgan fingerprint density at radius 2 is 2.17 bits per heavy atom. The van der Waals surface area contributed by atoms with Crippen LogP contribution < -0.4 is 5.32 Å². The van der Waals surface area contributed by atoms with E-state index in [-0.39, 0.29) is 12.5 Å². The minimum Gasteiger partial charge on any atom is -0.310 e. The van der Waals surface area contributed by atoms with E-state index in [1.807, 2.05) is 6.92 Å². The standard InChI is InChI=1S/C12H16ClF3N2/c1-2-6-18-11(3-5-12(14,15)16)9-4-7-17-8-10(9)13/h4,7-8,11,18H,2-3,5-6H2,1H3. The number of nitrogens with one attached hydrogen (secondary N) is 1. The van der Waals surface area contributed by atoms with E-state index in [1.54, 1.807) is 6.07 Å². The van der Waals surface area contributed by atoms with Crippen LogP contribution in [0, 0.1) is 0 Å². The molecule has 0 aromatic carbocycles. The van der Waals surface area contributed by atoms with E-state index in [4.69, 9.17) is 11.6 Å². The zero-order valence-electron chi connectivity index (χ0n) is 10.1. The fourth-order valence-corrected chi connectivity index (χ4v) is 1.91. The molecular weight excluding hydrogens is 265 g/mol. The molecule has 6 heteroatoms. The number of halogens is 4. The lowest BCUT2D eigenvalue weighted by Gasteiger charge is -2.20. The van der Waals surface area contributed by atoms with Gasteiger partial charge in [-0.3, -0.25) is 4.98 Å². The number of alkyl halides is 3. The Bertz CT molecular complexity index is 369. The van der Waals surface area contributed by atoms with E-state index in [1.165, 1.54) is 12.4 Å². The van der Waals surface area contributed by atoms with Gasteiger partial charge in [0.25, 0.3) is 0 Å². The van der Waals surface area contributed by atoms with Crippen molar-refractivity contribution in [2.24, 2.45) is 0 Å². The smallest absolute Gasteiger partial charge is 0.310 e. The fraction of sp³-hybridized carbons (Fsp3) is 0.583. The largest absolute Gasteiger partial charge is 0.389 e. The van der Waals surface area contributed by atoms with E-state index in [0.29, 0.717) is 17.1 Å². The van der Waals surface area contributed by atoms with Gasteiger partial charge in [0.05, 0.1) is 5.02 Å². The average molecular weight is 281 g/mol. The van der Waals surface area contributed by atoms with Crippen molar-refractivity contribution in [1.82, 2.24) is 10.3 Å². The predicted molar refractivity (Wildman–Crippen MR) is 65.6 cm³/mol. The minimum absolute atomic E-state index is 0.0206. The van der Waals surface area contributed by atoms with Crippen molar-refractivity contribution in [3.05, 3.63) is 29.0 Å². The van der Waals surface area contributed by atoms with Crippen LogP contribution in [0.5, 0.6) is 0 Å². The SMILES string of the molecule is CCCNC(CCC(F)(F)F)c1ccncc1Cl. The summed E-state index contributed by atoms with van der Waals surface area (Å²) in [6, 6.07) is 1.27. The van der Waals surface area contributed by atoms with Gasteiger partial charge in [-0.2, -0.15) is 13.2 Å². The Kier molecular flexibility index (Phi) is 5.88. The molecule has 0 saturated heterocycles. The number of pyridine rings is 1. The molecular formula is C12H16ClF3N2. The van der Waals surface area contributed by atoms with Gasteiger partial charge < -0.3 is 5.32 Å². The number of hydrogen-bond donors (Lipinski definition) is 1. The van der Waals surface area contributed by atoms with E-state index in [2.05, 4.69) is 10.3 Å². The molecule has 0 bridgehead atoms. The topological polar surface area (TPSA) is 24.9 Å². The Labute approximate surface area is 110 Å². The van der Waals surface area contributed by atoms with Gasteiger partial charge in [-0.1, -0.05) is 18.5 Å². The first kappa shape index (κ1) is 15.2. The second-order valence-electron chi connectivity index (χ2n) is 4.06. The van der Waals surface area contributed by atoms with Gasteiger partial charge in [0, 0.05) is 24.9 Å². The lowest BCUT2D eigenvalue weighted by Crippen LogP contribution is -2.24. The number of nitrogens with zero attached hydrogens (tertiary/aromatic N) is 1. The second kappa shape index (κ2) is 6.95. The molecule has 0 saturated carbocycles. The Hall–Kier alpha value is -0.810. The maximum atomic E-state index is 12.3. The molecule has 1 aromatic heterocycles. The van der Waals surface area contributed by atoms with Crippen LogP contribution in [0.3, 0.4) is 0 Å². The second-order valence-corrected chi connectivity index (χ2v) is 4.46. The maximum absolute atomic E-state index is 12.3. The van der Waals surface area contributed by atoms with Crippen molar-refractivity contribution in [2.75, 3.05) is 6.54 Å². The molecule has 0 aliphatic carbocycles. The predicted octanol–water partition coefficient (Wildman–Crippen LogP) is 4.12. The normalized spacial score (nSPS) is 13.6. The van der Waals surface area contributed by atoms with Crippen molar-refractivity contribution >= 4 is 11.6 Å². The van der Waals surface area contributed by atoms with Crippen LogP contribution in [-0.4, -0.2) is 17.7 Å². The van der Waals surface area contributed by atoms with Crippen molar-refractivity contribution in [2.45, 2.75) is 38.4 Å². The van der Waals surface area contributed by atoms with Gasteiger partial charge >= 0.3 is 6.18 Å². The maximum Gasteiger partial charge on any atom is 0.389 e. The van der Waals surface area contributed by atoms with E-state index < -0.39 is 12.6 Å². The molecule has 1 heterocycles. The lowest BCUT2D eigenvalue weighted by atomic mass is 10.0. The van der Waals surface area contributed by atoms with Gasteiger partial charge in [-0.25, -0.2) is 0 Å². The van der Waals surface area contributed by atoms with Gasteiger partial charge in [0.15, 0.2) is 0 Å². The summed E-state index contributed by atoms with van der Waals surface area (Å²) in [6.07, 6.45) is -1.16. The first-order chi connectivity index (χ1) is 8.44. The number of aromatic nitrogens is 1. The third kappa shape index (κ3) is 5.23. The number of rotatable bonds is 6. The molecule has 1 aromatic rings. The fourth-order valence-electron chi connectivity index (χ4n) is 1.66. The highest BCUT2D eigenvalue weighted by Crippen LogP contribution is 2.30. The van der Waals surface area contributed by atoms with Crippen LogP contribution in [0.1, 0.15) is 37.8 Å². The molecule has 0 radical (unpaired) electrons. The minimum atomic E-state index is -4.15. The molecule has 0 amide bonds. The quantitative estimate of drug-likeness (QED) is 0.848. The van der Waals surface area contributed by atoms with Crippen LogP contribution in [0.2, 0.25) is 5.02 Å². The molecule has 1 N–H and O–H groups in total. The van der Waals surface area contributed by atoms with Gasteiger partial charge in [0.1, 0.15) is 0 Å². The van der Waals surface area contributed by atoms with Crippen LogP contribution in [0.15, 0.2) is 18.5 Å². The molecule has 102 valence electrons. The third-order valence-electron chi connectivity index (χ3n) is 2.54. The van der Waals surface area contributed by atoms with Crippen molar-refractivity contribution in [1.29, 1.82) is 0 Å². The average Bonchev–Trinajstić information content (AvgIpc) is 2.29. The van der Waals surface area contributed by atoms with Gasteiger partial charge in [-0.05, 0) is 31.0 Å². The van der Waals surface area contributed by atoms with E-state index in [9.17, 15) is 13.2 Å². The Morgan fingerprint density at radius 1 is 1.44 bits per heavy atom. The number of hydrogen-bond acceptors (Lipinski definition) is 2. The summed E-state index contributed by atoms with van der Waals surface area (Å²) in [5, 5.41) is 3.48. The Morgan fingerprint density at radius 3 is 2.72 bits per heavy atom. The van der Waals surface area contributed by atoms with Crippen LogP contribution >= 0.6 is 11.6 Å². The molecule has 0 aliphatic heterocycles. The van der Waals surface area contributed by atoms with Gasteiger partial charge in [0.2, 0.25) is 0 Å². The summed E-state index contributed by atoms with van der Waals surface area (Å²) in [7, 11) is 0. The lowest BCUT2D eigenvalue weighted by molar-refractivity contribution is -0.136. The molecule has 1 unspecified atom stereocenters. The summed E-state index contributed by atoms with van der Waals surface area (Å²) in [5.41, 5.74) is 0.671. The highest BCUT2D eigenvalue weighted by molar-refractivity contribution is 6.31. The summed E-state index contributed by atoms with van der Waals surface area (Å²) in [6.45, 7) is 2.61. The highest BCUT2D eigenvalue weighted by Gasteiger charge is 2.29. The summed E-state index contributed by atoms with van der Waals surface area (Å²) >= 11 is 5.96. The molecule has 0 fully saturated rings. The third-order valence-corrected chi connectivity index (χ3v) is 2.85. The summed E-state index contributed by atoms with van der Waals surface area (Å²) in [5.74, 6) is 0. The molecule has 1 rings (SSSR count). The van der Waals surface area contributed by atoms with Crippen molar-refractivity contribution in [3.8, 4) is 0 Å². The molecule has 0 aliphatic rings. The van der Waals surface area contributed by atoms with Crippen LogP contribution in [0.25, 0.3) is 0 Å². The first-order valence-electron chi connectivity index (χ1n) is 5.83. The summed E-state index contributed by atoms with van der Waals surface area (Å²) in [4.78, 5) is 3.83. The molecule has 18 heavy (non-hydrogen) atoms. The molecule has 2 nitrogen and oxygen atoms in total. The first-order valence-corrected chi connectivity index (χ1v) is 6.21. The van der Waals surface area contributed by atoms with Crippen LogP contribution in [-0.2, 0) is 0 Å². The summed E-state index contributed by atoms with van der Waals surface area (Å²) < 4.78 is 36.8. The van der Waals surface area contributed by atoms with Crippen molar-refractivity contribution in [3.63, 3.8) is 0 Å². The monoisotopic (exact) mass is 280 g/mol. The Balaban J connectivity index is 2.75. The van der Waals surface area contributed by atoms with E-state index in [0.717, 1.165) is 6.42 Å². The van der Waals surface area contributed by atoms with E-state index >= 15 is 0 Å². The van der Waals surface area contributed by atoms with Gasteiger partial charge in [-0.15, -0.1) is 0 Å². The molecule has 1 atom stereocenters. The zero-order chi connectivity index (χ0) is 13.6. The molecule has 0 spiro atoms. The van der Waals surface area contributed by atoms with Crippen molar-refractivity contribution < 1.29 is 13.2 Å².